The second-order valence-corrected chi connectivity index (χ2v) is 8.22. The van der Waals surface area contributed by atoms with Crippen molar-refractivity contribution in [3.63, 3.8) is 0 Å². The van der Waals surface area contributed by atoms with E-state index in [4.69, 9.17) is 14.2 Å². The van der Waals surface area contributed by atoms with Gasteiger partial charge in [-0.05, 0) is 53.1 Å². The van der Waals surface area contributed by atoms with E-state index < -0.39 is 11.9 Å². The normalized spacial score (nSPS) is 12.5. The molecule has 1 aromatic carbocycles. The van der Waals surface area contributed by atoms with Gasteiger partial charge in [0, 0.05) is 22.2 Å². The topological polar surface area (TPSA) is 94.0 Å². The van der Waals surface area contributed by atoms with Gasteiger partial charge in [0.2, 0.25) is 5.88 Å². The highest BCUT2D eigenvalue weighted by Gasteiger charge is 2.19. The molecule has 1 N–H and O–H groups in total. The van der Waals surface area contributed by atoms with Gasteiger partial charge < -0.3 is 19.2 Å². The maximum Gasteiger partial charge on any atom is 0.320 e. The van der Waals surface area contributed by atoms with Crippen molar-refractivity contribution in [2.45, 2.75) is 26.9 Å². The summed E-state index contributed by atoms with van der Waals surface area (Å²) in [4.78, 5) is 20.9. The van der Waals surface area contributed by atoms with Crippen LogP contribution in [-0.4, -0.2) is 63.8 Å². The molecule has 0 aliphatic heterocycles. The lowest BCUT2D eigenvalue weighted by molar-refractivity contribution is -0.150. The molecule has 3 aromatic heterocycles. The molecule has 174 valence electrons. The molecule has 0 unspecified atom stereocenters. The van der Waals surface area contributed by atoms with E-state index in [0.29, 0.717) is 22.2 Å². The quantitative estimate of drug-likeness (QED) is 0.406. The summed E-state index contributed by atoms with van der Waals surface area (Å²) in [5.41, 5.74) is 2.82. The summed E-state index contributed by atoms with van der Waals surface area (Å²) in [5.74, 6) is 0.00337. The summed E-state index contributed by atoms with van der Waals surface area (Å²) in [7, 11) is 3.59. The number of fused-ring (bicyclic) bond motifs is 2. The number of esters is 1. The van der Waals surface area contributed by atoms with E-state index in [1.54, 1.807) is 54.8 Å². The summed E-state index contributed by atoms with van der Waals surface area (Å²) in [6.07, 6.45) is 2.57. The van der Waals surface area contributed by atoms with Gasteiger partial charge in [-0.25, -0.2) is 8.91 Å². The largest absolute Gasteiger partial charge is 0.488 e. The molecule has 33 heavy (non-hydrogen) atoms. The van der Waals surface area contributed by atoms with E-state index in [0.717, 1.165) is 11.3 Å². The van der Waals surface area contributed by atoms with E-state index in [1.165, 1.54) is 6.33 Å². The summed E-state index contributed by atoms with van der Waals surface area (Å²) in [6, 6.07) is 5.05. The Morgan fingerprint density at radius 3 is 2.82 bits per heavy atom. The third-order valence-electron chi connectivity index (χ3n) is 5.04. The van der Waals surface area contributed by atoms with Crippen molar-refractivity contribution in [2.75, 3.05) is 27.2 Å². The molecule has 0 saturated carbocycles. The van der Waals surface area contributed by atoms with Gasteiger partial charge in [-0.1, -0.05) is 0 Å². The Hall–Kier alpha value is -3.66. The molecule has 1 atom stereocenters. The molecule has 0 radical (unpaired) electrons. The molecule has 0 saturated heterocycles. The van der Waals surface area contributed by atoms with Crippen LogP contribution in [0.1, 0.15) is 18.2 Å². The number of hydrogen-bond donors (Lipinski definition) is 1. The molecule has 0 fully saturated rings. The van der Waals surface area contributed by atoms with Gasteiger partial charge in [0.05, 0.1) is 12.7 Å². The van der Waals surface area contributed by atoms with Crippen molar-refractivity contribution in [1.29, 1.82) is 0 Å². The fraction of sp³-hybridized carbons (Fsp3) is 0.348. The number of carbonyl (C=O) groups is 1. The molecule has 0 spiro atoms. The second kappa shape index (κ2) is 9.07. The van der Waals surface area contributed by atoms with E-state index in [1.807, 2.05) is 13.8 Å². The Kier molecular flexibility index (Phi) is 6.19. The van der Waals surface area contributed by atoms with E-state index in [-0.39, 0.29) is 30.8 Å². The van der Waals surface area contributed by atoms with Gasteiger partial charge >= 0.3 is 5.97 Å². The highest BCUT2D eigenvalue weighted by molar-refractivity contribution is 5.83. The summed E-state index contributed by atoms with van der Waals surface area (Å²) in [5, 5.41) is 4.65. The number of carbonyl (C=O) groups excluding carboxylic acids is 1. The molecule has 4 aromatic rings. The van der Waals surface area contributed by atoms with Crippen LogP contribution in [-0.2, 0) is 9.53 Å². The van der Waals surface area contributed by atoms with Gasteiger partial charge in [0.25, 0.3) is 0 Å². The van der Waals surface area contributed by atoms with Crippen molar-refractivity contribution in [3.8, 4) is 17.4 Å². The monoisotopic (exact) mass is 455 g/mol. The first-order valence-corrected chi connectivity index (χ1v) is 10.5. The summed E-state index contributed by atoms with van der Waals surface area (Å²) in [6.45, 7) is 5.82. The Labute approximate surface area is 190 Å². The lowest BCUT2D eigenvalue weighted by Gasteiger charge is -2.16. The zero-order valence-corrected chi connectivity index (χ0v) is 19.2. The highest BCUT2D eigenvalue weighted by Crippen LogP contribution is 2.34. The summed E-state index contributed by atoms with van der Waals surface area (Å²) >= 11 is 0. The first-order valence-electron chi connectivity index (χ1n) is 10.5. The van der Waals surface area contributed by atoms with E-state index in [2.05, 4.69) is 15.1 Å². The molecule has 4 rings (SSSR count). The van der Waals surface area contributed by atoms with Crippen LogP contribution in [0, 0.1) is 19.7 Å². The molecule has 0 bridgehead atoms. The lowest BCUT2D eigenvalue weighted by atomic mass is 10.2. The van der Waals surface area contributed by atoms with Crippen molar-refractivity contribution in [3.05, 3.63) is 47.8 Å². The average Bonchev–Trinajstić information content (AvgIpc) is 3.28. The Bertz CT molecular complexity index is 1310. The molecule has 3 heterocycles. The fourth-order valence-electron chi connectivity index (χ4n) is 3.56. The first kappa shape index (κ1) is 22.5. The number of benzene rings is 1. The Morgan fingerprint density at radius 2 is 2.06 bits per heavy atom. The fourth-order valence-corrected chi connectivity index (χ4v) is 3.56. The summed E-state index contributed by atoms with van der Waals surface area (Å²) < 4.78 is 33.6. The van der Waals surface area contributed by atoms with Gasteiger partial charge in [0.1, 0.15) is 30.3 Å². The van der Waals surface area contributed by atoms with Crippen molar-refractivity contribution >= 4 is 22.4 Å². The van der Waals surface area contributed by atoms with Crippen molar-refractivity contribution in [2.24, 2.45) is 0 Å². The van der Waals surface area contributed by atoms with Gasteiger partial charge in [-0.3, -0.25) is 9.69 Å². The molecule has 9 nitrogen and oxygen atoms in total. The van der Waals surface area contributed by atoms with Crippen LogP contribution in [0.4, 0.5) is 4.39 Å². The number of H-pyrrole nitrogens is 1. The maximum atomic E-state index is 15.0. The molecule has 0 amide bonds. The molecule has 10 heteroatoms. The van der Waals surface area contributed by atoms with Crippen molar-refractivity contribution < 1.29 is 23.4 Å². The molecule has 0 aliphatic rings. The number of nitrogens with zero attached hydrogens (tertiary/aromatic N) is 4. The van der Waals surface area contributed by atoms with Crippen molar-refractivity contribution in [1.82, 2.24) is 24.5 Å². The van der Waals surface area contributed by atoms with Gasteiger partial charge in [-0.15, -0.1) is 0 Å². The van der Waals surface area contributed by atoms with Crippen LogP contribution in [0.3, 0.4) is 0 Å². The minimum atomic E-state index is -0.470. The number of aryl methyl sites for hydroxylation is 2. The number of halogens is 1. The Balaban J connectivity index is 1.54. The van der Waals surface area contributed by atoms with Crippen LogP contribution in [0.25, 0.3) is 16.4 Å². The number of rotatable bonds is 8. The number of ether oxygens (including phenoxy) is 3. The highest BCUT2D eigenvalue weighted by atomic mass is 19.1. The predicted molar refractivity (Wildman–Crippen MR) is 120 cm³/mol. The predicted octanol–water partition coefficient (Wildman–Crippen LogP) is 3.63. The lowest BCUT2D eigenvalue weighted by Crippen LogP contribution is -2.29. The third kappa shape index (κ3) is 4.75. The van der Waals surface area contributed by atoms with Crippen LogP contribution in [0.5, 0.6) is 17.4 Å². The van der Waals surface area contributed by atoms with Crippen LogP contribution in [0.2, 0.25) is 0 Å². The number of likely N-dealkylation sites (N-methyl/N-ethyl adjacent to an activating group) is 1. The maximum absolute atomic E-state index is 15.0. The van der Waals surface area contributed by atoms with Crippen LogP contribution >= 0.6 is 0 Å². The number of aromatic nitrogens is 4. The standard InChI is InChI=1S/C23H26FN5O4/c1-13-8-16-17(27-13)6-7-18(21(16)24)33-23-22-15(3)19(9-29(22)26-12-25-23)31-11-14(2)32-20(30)10-28(4)5/h6-9,12,14,27H,10-11H2,1-5H3/t14-/m1/s1. The smallest absolute Gasteiger partial charge is 0.320 e. The van der Waals surface area contributed by atoms with Crippen LogP contribution < -0.4 is 9.47 Å². The van der Waals surface area contributed by atoms with Gasteiger partial charge in [-0.2, -0.15) is 10.1 Å². The number of hydrogen-bond acceptors (Lipinski definition) is 7. The molecular weight excluding hydrogens is 429 g/mol. The van der Waals surface area contributed by atoms with Crippen LogP contribution in [0.15, 0.2) is 30.7 Å². The first-order chi connectivity index (χ1) is 15.7. The number of aromatic amines is 1. The average molecular weight is 455 g/mol. The third-order valence-corrected chi connectivity index (χ3v) is 5.04. The molecule has 0 aliphatic carbocycles. The SMILES string of the molecule is Cc1cc2c(F)c(Oc3ncnn4cc(OC[C@@H](C)OC(=O)CN(C)C)c(C)c34)ccc2[nH]1. The zero-order chi connectivity index (χ0) is 23.7. The Morgan fingerprint density at radius 1 is 1.27 bits per heavy atom. The van der Waals surface area contributed by atoms with E-state index in [9.17, 15) is 4.79 Å². The van der Waals surface area contributed by atoms with E-state index >= 15 is 4.39 Å². The molecular formula is C23H26FN5O4. The second-order valence-electron chi connectivity index (χ2n) is 8.22. The van der Waals surface area contributed by atoms with Gasteiger partial charge in [0.15, 0.2) is 11.6 Å². The minimum absolute atomic E-state index is 0.0617. The number of nitrogens with one attached hydrogen (secondary N) is 1. The zero-order valence-electron chi connectivity index (χ0n) is 19.2. The minimum Gasteiger partial charge on any atom is -0.488 e.